The molecule has 69 valence electrons. The van der Waals surface area contributed by atoms with Gasteiger partial charge >= 0.3 is 0 Å². The van der Waals surface area contributed by atoms with E-state index in [0.29, 0.717) is 10.0 Å². The molecule has 0 saturated heterocycles. The molecular formula is C9H7Cl3N. The molecular weight excluding hydrogens is 228 g/mol. The van der Waals surface area contributed by atoms with Crippen molar-refractivity contribution >= 4 is 40.5 Å². The minimum absolute atomic E-state index is 0.0568. The summed E-state index contributed by atoms with van der Waals surface area (Å²) in [5, 5.41) is 5.35. The predicted molar refractivity (Wildman–Crippen MR) is 56.3 cm³/mol. The monoisotopic (exact) mass is 234 g/mol. The highest BCUT2D eigenvalue weighted by Gasteiger charge is 2.22. The van der Waals surface area contributed by atoms with E-state index in [-0.39, 0.29) is 5.38 Å². The van der Waals surface area contributed by atoms with E-state index < -0.39 is 0 Å². The van der Waals surface area contributed by atoms with Gasteiger partial charge in [0.1, 0.15) is 0 Å². The summed E-state index contributed by atoms with van der Waals surface area (Å²) in [6, 6.07) is 3.61. The minimum Gasteiger partial charge on any atom is -0.285 e. The van der Waals surface area contributed by atoms with Crippen molar-refractivity contribution in [1.82, 2.24) is 5.32 Å². The topological polar surface area (TPSA) is 14.1 Å². The summed E-state index contributed by atoms with van der Waals surface area (Å²) in [6.07, 6.45) is 0.828. The van der Waals surface area contributed by atoms with E-state index in [1.165, 1.54) is 0 Å². The third-order valence-corrected chi connectivity index (χ3v) is 3.34. The summed E-state index contributed by atoms with van der Waals surface area (Å²) in [4.78, 5) is 0. The molecule has 0 N–H and O–H groups in total. The molecule has 2 rings (SSSR count). The van der Waals surface area contributed by atoms with Crippen LogP contribution in [-0.4, -0.2) is 6.54 Å². The van der Waals surface area contributed by atoms with Crippen LogP contribution in [0.25, 0.3) is 0 Å². The first-order chi connectivity index (χ1) is 6.20. The van der Waals surface area contributed by atoms with Crippen molar-refractivity contribution in [3.8, 4) is 0 Å². The Morgan fingerprint density at radius 1 is 1.31 bits per heavy atom. The second-order valence-corrected chi connectivity index (χ2v) is 4.24. The van der Waals surface area contributed by atoms with Crippen molar-refractivity contribution in [2.45, 2.75) is 11.8 Å². The zero-order valence-electron chi connectivity index (χ0n) is 6.73. The number of hydrogen-bond acceptors (Lipinski definition) is 0. The van der Waals surface area contributed by atoms with Crippen LogP contribution < -0.4 is 5.32 Å². The van der Waals surface area contributed by atoms with Gasteiger partial charge in [-0.3, -0.25) is 5.32 Å². The fraction of sp³-hybridized carbons (Fsp3) is 0.333. The third-order valence-electron chi connectivity index (χ3n) is 2.09. The van der Waals surface area contributed by atoms with E-state index in [1.807, 2.05) is 6.07 Å². The van der Waals surface area contributed by atoms with Gasteiger partial charge in [0.2, 0.25) is 0 Å². The fourth-order valence-corrected chi connectivity index (χ4v) is 2.27. The molecule has 0 saturated carbocycles. The molecule has 0 aromatic heterocycles. The van der Waals surface area contributed by atoms with Crippen molar-refractivity contribution in [3.05, 3.63) is 27.7 Å². The third kappa shape index (κ3) is 1.61. The van der Waals surface area contributed by atoms with Gasteiger partial charge in [-0.05, 0) is 18.6 Å². The van der Waals surface area contributed by atoms with Crippen LogP contribution in [0.2, 0.25) is 10.0 Å². The predicted octanol–water partition coefficient (Wildman–Crippen LogP) is 3.91. The molecule has 1 atom stereocenters. The summed E-state index contributed by atoms with van der Waals surface area (Å²) < 4.78 is 0. The van der Waals surface area contributed by atoms with Gasteiger partial charge in [0.05, 0.1) is 21.1 Å². The maximum absolute atomic E-state index is 6.12. The van der Waals surface area contributed by atoms with Crippen LogP contribution >= 0.6 is 34.8 Å². The van der Waals surface area contributed by atoms with Crippen molar-refractivity contribution in [1.29, 1.82) is 0 Å². The van der Waals surface area contributed by atoms with Crippen molar-refractivity contribution in [2.24, 2.45) is 0 Å². The van der Waals surface area contributed by atoms with Crippen LogP contribution in [0.3, 0.4) is 0 Å². The lowest BCUT2D eigenvalue weighted by molar-refractivity contribution is 0.687. The maximum atomic E-state index is 6.12. The van der Waals surface area contributed by atoms with E-state index in [2.05, 4.69) is 5.32 Å². The molecule has 1 nitrogen and oxygen atoms in total. The Hall–Kier alpha value is -0.110. The molecule has 1 aliphatic rings. The smallest absolute Gasteiger partial charge is 0.0660 e. The zero-order chi connectivity index (χ0) is 9.42. The SMILES string of the molecule is Clc1ccc2c(c1Cl)C(Cl)CC[N]2. The first-order valence-electron chi connectivity index (χ1n) is 3.99. The van der Waals surface area contributed by atoms with Crippen LogP contribution in [0.5, 0.6) is 0 Å². The quantitative estimate of drug-likeness (QED) is 0.605. The van der Waals surface area contributed by atoms with E-state index in [4.69, 9.17) is 34.8 Å². The number of alkyl halides is 1. The molecule has 4 heteroatoms. The molecule has 1 aromatic rings. The van der Waals surface area contributed by atoms with Crippen LogP contribution in [0.4, 0.5) is 5.69 Å². The summed E-state index contributed by atoms with van der Waals surface area (Å²) in [5.74, 6) is 0. The number of rotatable bonds is 0. The second kappa shape index (κ2) is 3.56. The Balaban J connectivity index is 2.58. The van der Waals surface area contributed by atoms with Gasteiger partial charge in [0.25, 0.3) is 0 Å². The Bertz CT molecular complexity index is 338. The molecule has 1 heterocycles. The van der Waals surface area contributed by atoms with Crippen LogP contribution in [0, 0.1) is 0 Å². The van der Waals surface area contributed by atoms with Gasteiger partial charge in [0.15, 0.2) is 0 Å². The Morgan fingerprint density at radius 2 is 2.08 bits per heavy atom. The molecule has 1 unspecified atom stereocenters. The highest BCUT2D eigenvalue weighted by Crippen LogP contribution is 2.42. The van der Waals surface area contributed by atoms with Gasteiger partial charge in [-0.1, -0.05) is 23.2 Å². The second-order valence-electron chi connectivity index (χ2n) is 2.93. The molecule has 0 spiro atoms. The summed E-state index contributed by atoms with van der Waals surface area (Å²) in [5.41, 5.74) is 1.75. The summed E-state index contributed by atoms with van der Waals surface area (Å²) in [6.45, 7) is 0.763. The van der Waals surface area contributed by atoms with Gasteiger partial charge in [-0.2, -0.15) is 0 Å². The molecule has 1 aromatic carbocycles. The largest absolute Gasteiger partial charge is 0.285 e. The highest BCUT2D eigenvalue weighted by atomic mass is 35.5. The molecule has 0 aliphatic carbocycles. The normalized spacial score (nSPS) is 20.7. The van der Waals surface area contributed by atoms with Crippen molar-refractivity contribution in [3.63, 3.8) is 0 Å². The molecule has 1 radical (unpaired) electrons. The maximum Gasteiger partial charge on any atom is 0.0660 e. The lowest BCUT2D eigenvalue weighted by Crippen LogP contribution is -2.13. The summed E-state index contributed by atoms with van der Waals surface area (Å²) in [7, 11) is 0. The number of benzene rings is 1. The van der Waals surface area contributed by atoms with Crippen molar-refractivity contribution in [2.75, 3.05) is 6.54 Å². The number of fused-ring (bicyclic) bond motifs is 1. The average molecular weight is 236 g/mol. The minimum atomic E-state index is -0.0568. The molecule has 0 bridgehead atoms. The van der Waals surface area contributed by atoms with Crippen molar-refractivity contribution < 1.29 is 0 Å². The lowest BCUT2D eigenvalue weighted by atomic mass is 10.0. The highest BCUT2D eigenvalue weighted by molar-refractivity contribution is 6.43. The van der Waals surface area contributed by atoms with Crippen LogP contribution in [0.15, 0.2) is 12.1 Å². The van der Waals surface area contributed by atoms with E-state index in [9.17, 15) is 0 Å². The van der Waals surface area contributed by atoms with Gasteiger partial charge in [-0.25, -0.2) is 0 Å². The number of hydrogen-bond donors (Lipinski definition) is 0. The van der Waals surface area contributed by atoms with E-state index in [1.54, 1.807) is 6.07 Å². The fourth-order valence-electron chi connectivity index (χ4n) is 1.43. The van der Waals surface area contributed by atoms with Gasteiger partial charge in [-0.15, -0.1) is 11.6 Å². The first-order valence-corrected chi connectivity index (χ1v) is 5.19. The Morgan fingerprint density at radius 3 is 2.85 bits per heavy atom. The lowest BCUT2D eigenvalue weighted by Gasteiger charge is -2.21. The molecule has 0 fully saturated rings. The summed E-state index contributed by atoms with van der Waals surface area (Å²) >= 11 is 18.0. The van der Waals surface area contributed by atoms with E-state index >= 15 is 0 Å². The van der Waals surface area contributed by atoms with Gasteiger partial charge < -0.3 is 0 Å². The Labute approximate surface area is 92.0 Å². The Kier molecular flexibility index (Phi) is 2.59. The molecule has 0 amide bonds. The molecule has 13 heavy (non-hydrogen) atoms. The standard InChI is InChI=1S/C9H7Cl3N/c10-5-3-4-13-7-2-1-6(11)9(12)8(5)7/h1-2,5H,3-4H2. The van der Waals surface area contributed by atoms with Crippen LogP contribution in [0.1, 0.15) is 17.4 Å². The van der Waals surface area contributed by atoms with Crippen LogP contribution in [-0.2, 0) is 0 Å². The number of halogens is 3. The zero-order valence-corrected chi connectivity index (χ0v) is 9.00. The van der Waals surface area contributed by atoms with Gasteiger partial charge in [0, 0.05) is 12.1 Å². The average Bonchev–Trinajstić information content (AvgIpc) is 2.12. The first kappa shape index (κ1) is 9.45. The van der Waals surface area contributed by atoms with E-state index in [0.717, 1.165) is 24.2 Å². The number of nitrogens with zero attached hydrogens (tertiary/aromatic N) is 1. The molecule has 1 aliphatic heterocycles.